The van der Waals surface area contributed by atoms with E-state index in [1.807, 2.05) is 6.07 Å². The quantitative estimate of drug-likeness (QED) is 0.830. The van der Waals surface area contributed by atoms with Crippen LogP contribution in [0.1, 0.15) is 56.1 Å². The number of carbonyl (C=O) groups is 1. The average Bonchev–Trinajstić information content (AvgIpc) is 3.27. The van der Waals surface area contributed by atoms with Crippen LogP contribution in [0.5, 0.6) is 11.5 Å². The Morgan fingerprint density at radius 1 is 1.29 bits per heavy atom. The van der Waals surface area contributed by atoms with Crippen LogP contribution in [0.4, 0.5) is 0 Å². The molecule has 1 fully saturated rings. The maximum absolute atomic E-state index is 11.2. The SMILES string of the molecule is COc1cc(C(C)C)cc(C(CC(=O)O)C2CC2)c1OC. The van der Waals surface area contributed by atoms with Crippen molar-refractivity contribution in [3.8, 4) is 11.5 Å². The van der Waals surface area contributed by atoms with Crippen molar-refractivity contribution < 1.29 is 19.4 Å². The number of methoxy groups -OCH3 is 2. The predicted molar refractivity (Wildman–Crippen MR) is 81.4 cm³/mol. The molecule has 1 aliphatic carbocycles. The molecule has 1 aromatic carbocycles. The first-order valence-electron chi connectivity index (χ1n) is 7.45. The maximum Gasteiger partial charge on any atom is 0.303 e. The van der Waals surface area contributed by atoms with E-state index in [1.54, 1.807) is 14.2 Å². The molecule has 0 spiro atoms. The first-order valence-corrected chi connectivity index (χ1v) is 7.45. The Morgan fingerprint density at radius 2 is 1.95 bits per heavy atom. The molecule has 1 unspecified atom stereocenters. The third-order valence-electron chi connectivity index (χ3n) is 4.18. The molecule has 116 valence electrons. The Balaban J connectivity index is 2.51. The van der Waals surface area contributed by atoms with E-state index in [0.717, 1.165) is 24.0 Å². The summed E-state index contributed by atoms with van der Waals surface area (Å²) in [7, 11) is 3.23. The van der Waals surface area contributed by atoms with Gasteiger partial charge in [0.25, 0.3) is 0 Å². The zero-order chi connectivity index (χ0) is 15.6. The lowest BCUT2D eigenvalue weighted by Gasteiger charge is -2.22. The smallest absolute Gasteiger partial charge is 0.303 e. The van der Waals surface area contributed by atoms with Crippen molar-refractivity contribution in [1.29, 1.82) is 0 Å². The normalized spacial score (nSPS) is 15.9. The summed E-state index contributed by atoms with van der Waals surface area (Å²) in [5.41, 5.74) is 2.13. The van der Waals surface area contributed by atoms with Gasteiger partial charge in [-0.15, -0.1) is 0 Å². The second-order valence-corrected chi connectivity index (χ2v) is 6.04. The van der Waals surface area contributed by atoms with Crippen molar-refractivity contribution in [3.05, 3.63) is 23.3 Å². The van der Waals surface area contributed by atoms with E-state index < -0.39 is 5.97 Å². The van der Waals surface area contributed by atoms with E-state index >= 15 is 0 Å². The Hall–Kier alpha value is -1.71. The van der Waals surface area contributed by atoms with E-state index in [0.29, 0.717) is 23.3 Å². The number of carboxylic acids is 1. The summed E-state index contributed by atoms with van der Waals surface area (Å²) in [5, 5.41) is 9.22. The van der Waals surface area contributed by atoms with Gasteiger partial charge >= 0.3 is 5.97 Å². The standard InChI is InChI=1S/C17H24O4/c1-10(2)12-7-14(17(21-4)15(8-12)20-3)13(9-16(18)19)11-5-6-11/h7-8,10-11,13H,5-6,9H2,1-4H3,(H,18,19). The molecular weight excluding hydrogens is 268 g/mol. The first-order chi connectivity index (χ1) is 9.97. The monoisotopic (exact) mass is 292 g/mol. The minimum Gasteiger partial charge on any atom is -0.493 e. The Labute approximate surface area is 126 Å². The maximum atomic E-state index is 11.2. The zero-order valence-electron chi connectivity index (χ0n) is 13.2. The molecule has 4 nitrogen and oxygen atoms in total. The van der Waals surface area contributed by atoms with Crippen LogP contribution in [0.15, 0.2) is 12.1 Å². The zero-order valence-corrected chi connectivity index (χ0v) is 13.2. The number of rotatable bonds is 7. The van der Waals surface area contributed by atoms with Crippen LogP contribution in [-0.2, 0) is 4.79 Å². The van der Waals surface area contributed by atoms with Crippen LogP contribution < -0.4 is 9.47 Å². The summed E-state index contributed by atoms with van der Waals surface area (Å²) in [6.07, 6.45) is 2.33. The fourth-order valence-electron chi connectivity index (χ4n) is 2.84. The molecule has 1 aliphatic rings. The summed E-state index contributed by atoms with van der Waals surface area (Å²) in [6.45, 7) is 4.24. The van der Waals surface area contributed by atoms with Crippen molar-refractivity contribution in [2.45, 2.75) is 44.9 Å². The van der Waals surface area contributed by atoms with Gasteiger partial charge in [0.1, 0.15) is 0 Å². The Morgan fingerprint density at radius 3 is 2.38 bits per heavy atom. The second-order valence-electron chi connectivity index (χ2n) is 6.04. The molecule has 0 aliphatic heterocycles. The van der Waals surface area contributed by atoms with E-state index in [2.05, 4.69) is 19.9 Å². The molecule has 4 heteroatoms. The lowest BCUT2D eigenvalue weighted by atomic mass is 9.87. The average molecular weight is 292 g/mol. The minimum absolute atomic E-state index is 0.00468. The van der Waals surface area contributed by atoms with Crippen LogP contribution in [-0.4, -0.2) is 25.3 Å². The highest BCUT2D eigenvalue weighted by Gasteiger charge is 2.36. The molecule has 0 aromatic heterocycles. The Kier molecular flexibility index (Phi) is 4.76. The van der Waals surface area contributed by atoms with Gasteiger partial charge in [-0.2, -0.15) is 0 Å². The number of benzene rings is 1. The van der Waals surface area contributed by atoms with Gasteiger partial charge in [-0.25, -0.2) is 0 Å². The van der Waals surface area contributed by atoms with Gasteiger partial charge in [0.2, 0.25) is 0 Å². The van der Waals surface area contributed by atoms with Crippen molar-refractivity contribution in [1.82, 2.24) is 0 Å². The molecule has 0 saturated heterocycles. The van der Waals surface area contributed by atoms with Gasteiger partial charge in [-0.1, -0.05) is 19.9 Å². The fraction of sp³-hybridized carbons (Fsp3) is 0.588. The third-order valence-corrected chi connectivity index (χ3v) is 4.18. The molecular formula is C17H24O4. The van der Waals surface area contributed by atoms with E-state index in [-0.39, 0.29) is 12.3 Å². The highest BCUT2D eigenvalue weighted by molar-refractivity contribution is 5.69. The summed E-state index contributed by atoms with van der Waals surface area (Å²) < 4.78 is 11.0. The van der Waals surface area contributed by atoms with Crippen LogP contribution in [0, 0.1) is 5.92 Å². The topological polar surface area (TPSA) is 55.8 Å². The highest BCUT2D eigenvalue weighted by Crippen LogP contribution is 2.49. The highest BCUT2D eigenvalue weighted by atomic mass is 16.5. The van der Waals surface area contributed by atoms with Crippen LogP contribution >= 0.6 is 0 Å². The first kappa shape index (κ1) is 15.7. The number of hydrogen-bond donors (Lipinski definition) is 1. The summed E-state index contributed by atoms with van der Waals surface area (Å²) in [6, 6.07) is 4.08. The van der Waals surface area contributed by atoms with Gasteiger partial charge in [0.15, 0.2) is 11.5 Å². The number of ether oxygens (including phenoxy) is 2. The third kappa shape index (κ3) is 3.49. The number of aliphatic carboxylic acids is 1. The molecule has 1 saturated carbocycles. The van der Waals surface area contributed by atoms with Crippen molar-refractivity contribution in [2.24, 2.45) is 5.92 Å². The van der Waals surface area contributed by atoms with E-state index in [1.165, 1.54) is 0 Å². The molecule has 1 aromatic rings. The van der Waals surface area contributed by atoms with Gasteiger partial charge in [0, 0.05) is 11.5 Å². The molecule has 0 amide bonds. The second kappa shape index (κ2) is 6.37. The van der Waals surface area contributed by atoms with Gasteiger partial charge in [-0.05, 0) is 36.3 Å². The van der Waals surface area contributed by atoms with E-state index in [4.69, 9.17) is 9.47 Å². The molecule has 21 heavy (non-hydrogen) atoms. The number of carboxylic acid groups (broad SMARTS) is 1. The Bertz CT molecular complexity index is 518. The van der Waals surface area contributed by atoms with Crippen molar-refractivity contribution in [2.75, 3.05) is 14.2 Å². The molecule has 0 bridgehead atoms. The van der Waals surface area contributed by atoms with Gasteiger partial charge in [0.05, 0.1) is 20.6 Å². The van der Waals surface area contributed by atoms with Crippen molar-refractivity contribution in [3.63, 3.8) is 0 Å². The fourth-order valence-corrected chi connectivity index (χ4v) is 2.84. The lowest BCUT2D eigenvalue weighted by molar-refractivity contribution is -0.137. The van der Waals surface area contributed by atoms with Crippen LogP contribution in [0.25, 0.3) is 0 Å². The summed E-state index contributed by atoms with van der Waals surface area (Å²) >= 11 is 0. The molecule has 0 heterocycles. The van der Waals surface area contributed by atoms with Gasteiger partial charge in [-0.3, -0.25) is 4.79 Å². The number of hydrogen-bond acceptors (Lipinski definition) is 3. The summed E-state index contributed by atoms with van der Waals surface area (Å²) in [4.78, 5) is 11.2. The minimum atomic E-state index is -0.761. The molecule has 2 rings (SSSR count). The molecule has 1 atom stereocenters. The largest absolute Gasteiger partial charge is 0.493 e. The molecule has 0 radical (unpaired) electrons. The van der Waals surface area contributed by atoms with Crippen molar-refractivity contribution >= 4 is 5.97 Å². The van der Waals surface area contributed by atoms with Crippen LogP contribution in [0.3, 0.4) is 0 Å². The predicted octanol–water partition coefficient (Wildman–Crippen LogP) is 3.80. The lowest BCUT2D eigenvalue weighted by Crippen LogP contribution is -2.11. The molecule has 1 N–H and O–H groups in total. The van der Waals surface area contributed by atoms with Gasteiger partial charge < -0.3 is 14.6 Å². The van der Waals surface area contributed by atoms with Crippen LogP contribution in [0.2, 0.25) is 0 Å². The summed E-state index contributed by atoms with van der Waals surface area (Å²) in [5.74, 6) is 1.41. The van der Waals surface area contributed by atoms with E-state index in [9.17, 15) is 9.90 Å².